The van der Waals surface area contributed by atoms with Crippen LogP contribution in [-0.4, -0.2) is 55.0 Å². The predicted octanol–water partition coefficient (Wildman–Crippen LogP) is 3.30. The second-order valence-corrected chi connectivity index (χ2v) is 6.37. The van der Waals surface area contributed by atoms with Crippen LogP contribution in [0.1, 0.15) is 23.2 Å². The summed E-state index contributed by atoms with van der Waals surface area (Å²) in [5.74, 6) is 1.09. The Kier molecular flexibility index (Phi) is 6.46. The van der Waals surface area contributed by atoms with Crippen molar-refractivity contribution in [3.63, 3.8) is 0 Å². The van der Waals surface area contributed by atoms with E-state index in [9.17, 15) is 4.79 Å². The van der Waals surface area contributed by atoms with Gasteiger partial charge in [0.1, 0.15) is 5.75 Å². The van der Waals surface area contributed by atoms with Gasteiger partial charge in [-0.15, -0.1) is 0 Å². The first-order valence-electron chi connectivity index (χ1n) is 9.07. The van der Waals surface area contributed by atoms with E-state index in [0.29, 0.717) is 0 Å². The van der Waals surface area contributed by atoms with E-state index >= 15 is 0 Å². The van der Waals surface area contributed by atoms with Gasteiger partial charge in [-0.05, 0) is 43.7 Å². The summed E-state index contributed by atoms with van der Waals surface area (Å²) < 4.78 is 5.72. The van der Waals surface area contributed by atoms with Gasteiger partial charge in [0.15, 0.2) is 0 Å². The summed E-state index contributed by atoms with van der Waals surface area (Å²) in [5, 5.41) is 0. The molecule has 2 aromatic carbocycles. The van der Waals surface area contributed by atoms with Gasteiger partial charge < -0.3 is 9.64 Å². The zero-order valence-electron chi connectivity index (χ0n) is 14.6. The van der Waals surface area contributed by atoms with Crippen LogP contribution in [0, 0.1) is 0 Å². The number of hydrogen-bond acceptors (Lipinski definition) is 3. The molecular weight excluding hydrogens is 312 g/mol. The topological polar surface area (TPSA) is 32.8 Å². The first-order chi connectivity index (χ1) is 12.3. The molecule has 1 aliphatic rings. The Balaban J connectivity index is 1.31. The van der Waals surface area contributed by atoms with E-state index in [1.54, 1.807) is 0 Å². The number of para-hydroxylation sites is 1. The minimum atomic E-state index is 0.150. The van der Waals surface area contributed by atoms with Crippen molar-refractivity contribution in [3.8, 4) is 5.75 Å². The monoisotopic (exact) mass is 338 g/mol. The van der Waals surface area contributed by atoms with Crippen LogP contribution in [0.4, 0.5) is 0 Å². The van der Waals surface area contributed by atoms with Crippen molar-refractivity contribution in [2.24, 2.45) is 0 Å². The van der Waals surface area contributed by atoms with E-state index in [4.69, 9.17) is 4.74 Å². The number of ether oxygens (including phenoxy) is 1. The largest absolute Gasteiger partial charge is 0.494 e. The van der Waals surface area contributed by atoms with Crippen LogP contribution < -0.4 is 4.74 Å². The Morgan fingerprint density at radius 3 is 2.16 bits per heavy atom. The molecule has 4 heteroatoms. The van der Waals surface area contributed by atoms with E-state index in [2.05, 4.69) is 4.90 Å². The molecule has 132 valence electrons. The first kappa shape index (κ1) is 17.5. The van der Waals surface area contributed by atoms with Crippen molar-refractivity contribution in [2.45, 2.75) is 12.8 Å². The lowest BCUT2D eigenvalue weighted by molar-refractivity contribution is 0.0634. The van der Waals surface area contributed by atoms with Crippen molar-refractivity contribution in [3.05, 3.63) is 66.2 Å². The summed E-state index contributed by atoms with van der Waals surface area (Å²) in [4.78, 5) is 16.8. The van der Waals surface area contributed by atoms with Crippen LogP contribution in [0.5, 0.6) is 5.75 Å². The molecule has 0 atom stereocenters. The highest BCUT2D eigenvalue weighted by Gasteiger charge is 2.21. The number of carbonyl (C=O) groups excluding carboxylic acids is 1. The molecule has 0 bridgehead atoms. The average molecular weight is 338 g/mol. The molecule has 0 unspecified atom stereocenters. The molecule has 0 spiro atoms. The Labute approximate surface area is 150 Å². The van der Waals surface area contributed by atoms with E-state index in [1.165, 1.54) is 0 Å². The Morgan fingerprint density at radius 1 is 0.840 bits per heavy atom. The molecule has 1 heterocycles. The predicted molar refractivity (Wildman–Crippen MR) is 100.0 cm³/mol. The fraction of sp³-hybridized carbons (Fsp3) is 0.381. The summed E-state index contributed by atoms with van der Waals surface area (Å²) in [6.45, 7) is 5.38. The van der Waals surface area contributed by atoms with Gasteiger partial charge >= 0.3 is 0 Å². The maximum atomic E-state index is 12.4. The molecule has 2 aromatic rings. The highest BCUT2D eigenvalue weighted by Crippen LogP contribution is 2.11. The van der Waals surface area contributed by atoms with E-state index in [1.807, 2.05) is 65.6 Å². The lowest BCUT2D eigenvalue weighted by Crippen LogP contribution is -2.48. The Bertz CT molecular complexity index is 637. The van der Waals surface area contributed by atoms with Gasteiger partial charge in [-0.25, -0.2) is 0 Å². The standard InChI is InChI=1S/C21H26N2O2/c24-21(19-9-3-1-4-10-19)23-16-14-22(15-17-23)13-7-8-18-25-20-11-5-2-6-12-20/h1-6,9-12H,7-8,13-18H2. The molecule has 1 amide bonds. The lowest BCUT2D eigenvalue weighted by atomic mass is 10.2. The van der Waals surface area contributed by atoms with E-state index < -0.39 is 0 Å². The van der Waals surface area contributed by atoms with E-state index in [-0.39, 0.29) is 5.91 Å². The molecule has 0 N–H and O–H groups in total. The van der Waals surface area contributed by atoms with Gasteiger partial charge in [0.05, 0.1) is 6.61 Å². The molecule has 3 rings (SSSR count). The quantitative estimate of drug-likeness (QED) is 0.726. The van der Waals surface area contributed by atoms with E-state index in [0.717, 1.165) is 63.5 Å². The summed E-state index contributed by atoms with van der Waals surface area (Å²) in [6.07, 6.45) is 2.18. The smallest absolute Gasteiger partial charge is 0.253 e. The maximum Gasteiger partial charge on any atom is 0.253 e. The zero-order valence-corrected chi connectivity index (χ0v) is 14.6. The SMILES string of the molecule is O=C(c1ccccc1)N1CCN(CCCCOc2ccccc2)CC1. The third-order valence-electron chi connectivity index (χ3n) is 4.56. The first-order valence-corrected chi connectivity index (χ1v) is 9.07. The number of piperazine rings is 1. The average Bonchev–Trinajstić information content (AvgIpc) is 2.69. The van der Waals surface area contributed by atoms with Gasteiger partial charge in [-0.1, -0.05) is 36.4 Å². The van der Waals surface area contributed by atoms with Crippen LogP contribution >= 0.6 is 0 Å². The minimum absolute atomic E-state index is 0.150. The maximum absolute atomic E-state index is 12.4. The molecule has 4 nitrogen and oxygen atoms in total. The number of rotatable bonds is 7. The minimum Gasteiger partial charge on any atom is -0.494 e. The van der Waals surface area contributed by atoms with Crippen LogP contribution in [0.3, 0.4) is 0 Å². The second-order valence-electron chi connectivity index (χ2n) is 6.37. The van der Waals surface area contributed by atoms with Crippen LogP contribution in [-0.2, 0) is 0 Å². The molecule has 0 radical (unpaired) electrons. The van der Waals surface area contributed by atoms with Crippen molar-refractivity contribution < 1.29 is 9.53 Å². The van der Waals surface area contributed by atoms with Gasteiger partial charge in [-0.3, -0.25) is 9.69 Å². The zero-order chi connectivity index (χ0) is 17.3. The molecule has 0 aliphatic carbocycles. The summed E-state index contributed by atoms with van der Waals surface area (Å²) in [5.41, 5.74) is 0.786. The lowest BCUT2D eigenvalue weighted by Gasteiger charge is -2.34. The number of benzene rings is 2. The van der Waals surface area contributed by atoms with Gasteiger partial charge in [0.2, 0.25) is 0 Å². The Morgan fingerprint density at radius 2 is 1.48 bits per heavy atom. The van der Waals surface area contributed by atoms with Gasteiger partial charge in [0, 0.05) is 31.7 Å². The van der Waals surface area contributed by atoms with Crippen LogP contribution in [0.15, 0.2) is 60.7 Å². The summed E-state index contributed by atoms with van der Waals surface area (Å²) in [7, 11) is 0. The number of unbranched alkanes of at least 4 members (excludes halogenated alkanes) is 1. The summed E-state index contributed by atoms with van der Waals surface area (Å²) >= 11 is 0. The third-order valence-corrected chi connectivity index (χ3v) is 4.56. The van der Waals surface area contributed by atoms with Crippen LogP contribution in [0.2, 0.25) is 0 Å². The third kappa shape index (κ3) is 5.33. The number of hydrogen-bond donors (Lipinski definition) is 0. The van der Waals surface area contributed by atoms with Crippen molar-refractivity contribution >= 4 is 5.91 Å². The molecule has 0 saturated carbocycles. The number of carbonyl (C=O) groups is 1. The fourth-order valence-electron chi connectivity index (χ4n) is 3.08. The fourth-order valence-corrected chi connectivity index (χ4v) is 3.08. The highest BCUT2D eigenvalue weighted by atomic mass is 16.5. The second kappa shape index (κ2) is 9.23. The molecule has 1 fully saturated rings. The number of amides is 1. The van der Waals surface area contributed by atoms with Crippen molar-refractivity contribution in [1.82, 2.24) is 9.80 Å². The van der Waals surface area contributed by atoms with Crippen molar-refractivity contribution in [2.75, 3.05) is 39.3 Å². The summed E-state index contributed by atoms with van der Waals surface area (Å²) in [6, 6.07) is 19.5. The number of nitrogens with zero attached hydrogens (tertiary/aromatic N) is 2. The highest BCUT2D eigenvalue weighted by molar-refractivity contribution is 5.94. The Hall–Kier alpha value is -2.33. The van der Waals surface area contributed by atoms with Crippen LogP contribution in [0.25, 0.3) is 0 Å². The van der Waals surface area contributed by atoms with Gasteiger partial charge in [0.25, 0.3) is 5.91 Å². The normalized spacial score (nSPS) is 15.1. The van der Waals surface area contributed by atoms with Gasteiger partial charge in [-0.2, -0.15) is 0 Å². The molecule has 25 heavy (non-hydrogen) atoms. The molecular formula is C21H26N2O2. The van der Waals surface area contributed by atoms with Crippen molar-refractivity contribution in [1.29, 1.82) is 0 Å². The molecule has 1 saturated heterocycles. The molecule has 1 aliphatic heterocycles. The molecule has 0 aromatic heterocycles.